The summed E-state index contributed by atoms with van der Waals surface area (Å²) < 4.78 is 42.8. The first-order valence-electron chi connectivity index (χ1n) is 13.2. The van der Waals surface area contributed by atoms with Crippen LogP contribution in [0.3, 0.4) is 0 Å². The predicted molar refractivity (Wildman–Crippen MR) is 119 cm³/mol. The molecular weight excluding hydrogens is 397 g/mol. The van der Waals surface area contributed by atoms with Gasteiger partial charge >= 0.3 is 6.18 Å². The molecule has 8 unspecified atom stereocenters. The molecule has 180 valence electrons. The summed E-state index contributed by atoms with van der Waals surface area (Å²) >= 11 is 0. The highest BCUT2D eigenvalue weighted by molar-refractivity contribution is 5.10. The zero-order chi connectivity index (χ0) is 22.6. The number of hydrogen-bond donors (Lipinski definition) is 1. The molecule has 0 aromatic heterocycles. The average Bonchev–Trinajstić information content (AvgIpc) is 3.01. The lowest BCUT2D eigenvalue weighted by Gasteiger charge is -2.61. The monoisotopic (exact) mass is 442 g/mol. The van der Waals surface area contributed by atoms with E-state index in [9.17, 15) is 18.3 Å². The predicted octanol–water partition coefficient (Wildman–Crippen LogP) is 8.01. The minimum Gasteiger partial charge on any atom is -0.393 e. The number of hydrogen-bond acceptors (Lipinski definition) is 1. The molecule has 0 aromatic carbocycles. The Hall–Kier alpha value is -0.250. The number of alkyl halides is 3. The van der Waals surface area contributed by atoms with Gasteiger partial charge in [0, 0.05) is 0 Å². The summed E-state index contributed by atoms with van der Waals surface area (Å²) in [5.74, 6) is 1.50. The first kappa shape index (κ1) is 23.9. The Labute approximate surface area is 187 Å². The van der Waals surface area contributed by atoms with Crippen molar-refractivity contribution in [2.45, 2.75) is 117 Å². The molecule has 4 saturated carbocycles. The van der Waals surface area contributed by atoms with Gasteiger partial charge in [-0.15, -0.1) is 0 Å². The number of rotatable bonds is 5. The number of halogens is 3. The van der Waals surface area contributed by atoms with Crippen molar-refractivity contribution in [3.05, 3.63) is 0 Å². The van der Waals surface area contributed by atoms with Crippen LogP contribution in [0.2, 0.25) is 0 Å². The molecule has 1 nitrogen and oxygen atoms in total. The lowest BCUT2D eigenvalue weighted by Crippen LogP contribution is -2.54. The lowest BCUT2D eigenvalue weighted by molar-refractivity contribution is -0.209. The van der Waals surface area contributed by atoms with E-state index < -0.39 is 12.1 Å². The third kappa shape index (κ3) is 4.21. The highest BCUT2D eigenvalue weighted by atomic mass is 19.4. The molecule has 0 bridgehead atoms. The molecule has 0 saturated heterocycles. The number of aliphatic hydroxyl groups excluding tert-OH is 1. The molecule has 4 rings (SSSR count). The Bertz CT molecular complexity index is 630. The molecule has 0 heterocycles. The van der Waals surface area contributed by atoms with Crippen LogP contribution in [0.1, 0.15) is 105 Å². The molecular formula is C27H45F3O. The van der Waals surface area contributed by atoms with E-state index in [0.29, 0.717) is 47.8 Å². The van der Waals surface area contributed by atoms with E-state index in [-0.39, 0.29) is 17.4 Å². The van der Waals surface area contributed by atoms with Crippen LogP contribution in [-0.2, 0) is 0 Å². The minimum atomic E-state index is -4.07. The van der Waals surface area contributed by atoms with Gasteiger partial charge in [-0.1, -0.05) is 40.5 Å². The van der Waals surface area contributed by atoms with Crippen molar-refractivity contribution < 1.29 is 18.3 Å². The fourth-order valence-corrected chi connectivity index (χ4v) is 9.28. The molecule has 4 aliphatic rings. The molecule has 0 amide bonds. The van der Waals surface area contributed by atoms with Crippen molar-refractivity contribution in [2.75, 3.05) is 0 Å². The summed E-state index contributed by atoms with van der Waals surface area (Å²) in [4.78, 5) is 0. The second kappa shape index (κ2) is 8.51. The van der Waals surface area contributed by atoms with Gasteiger partial charge in [-0.3, -0.25) is 0 Å². The first-order chi connectivity index (χ1) is 14.5. The van der Waals surface area contributed by atoms with Crippen LogP contribution < -0.4 is 0 Å². The van der Waals surface area contributed by atoms with Crippen LogP contribution in [0.25, 0.3) is 0 Å². The zero-order valence-corrected chi connectivity index (χ0v) is 20.2. The van der Waals surface area contributed by atoms with Crippen molar-refractivity contribution in [3.8, 4) is 0 Å². The highest BCUT2D eigenvalue weighted by Gasteiger charge is 2.63. The first-order valence-corrected chi connectivity index (χ1v) is 13.2. The smallest absolute Gasteiger partial charge is 0.392 e. The molecule has 0 spiro atoms. The Morgan fingerprint density at radius 3 is 2.23 bits per heavy atom. The molecule has 4 heteroatoms. The quantitative estimate of drug-likeness (QED) is 0.457. The Kier molecular flexibility index (Phi) is 6.56. The Balaban J connectivity index is 1.53. The standard InChI is InChI=1S/C27H45F3O/c1-17(2)6-5-7-24(27(28,29)30)23-11-10-21-20-9-8-18-16-19(31)12-14-25(18,3)22(20)13-15-26(21,23)4/h17-24,31H,5-16H2,1-4H3/t18-,19?,20?,21?,22?,23?,24?,25?,26?/m0/s1. The van der Waals surface area contributed by atoms with Crippen LogP contribution in [0, 0.1) is 52.3 Å². The highest BCUT2D eigenvalue weighted by Crippen LogP contribution is 2.69. The van der Waals surface area contributed by atoms with Crippen molar-refractivity contribution >= 4 is 0 Å². The summed E-state index contributed by atoms with van der Waals surface area (Å²) in [6.45, 7) is 8.92. The summed E-state index contributed by atoms with van der Waals surface area (Å²) in [5.41, 5.74) is 0.152. The summed E-state index contributed by atoms with van der Waals surface area (Å²) in [6.07, 6.45) is 6.87. The Morgan fingerprint density at radius 1 is 0.871 bits per heavy atom. The second-order valence-corrected chi connectivity index (χ2v) is 12.8. The topological polar surface area (TPSA) is 20.2 Å². The van der Waals surface area contributed by atoms with Crippen molar-refractivity contribution in [1.29, 1.82) is 0 Å². The summed E-state index contributed by atoms with van der Waals surface area (Å²) in [5, 5.41) is 10.2. The van der Waals surface area contributed by atoms with E-state index in [2.05, 4.69) is 27.7 Å². The van der Waals surface area contributed by atoms with E-state index >= 15 is 0 Å². The van der Waals surface area contributed by atoms with Crippen LogP contribution in [0.15, 0.2) is 0 Å². The van der Waals surface area contributed by atoms with Gasteiger partial charge in [0.1, 0.15) is 0 Å². The molecule has 4 aliphatic carbocycles. The van der Waals surface area contributed by atoms with Gasteiger partial charge in [0.2, 0.25) is 0 Å². The van der Waals surface area contributed by atoms with Crippen LogP contribution in [-0.4, -0.2) is 17.4 Å². The molecule has 0 aromatic rings. The maximum Gasteiger partial charge on any atom is 0.392 e. The molecule has 0 aliphatic heterocycles. The maximum absolute atomic E-state index is 14.3. The molecule has 4 fully saturated rings. The maximum atomic E-state index is 14.3. The minimum absolute atomic E-state index is 0.141. The van der Waals surface area contributed by atoms with E-state index in [1.807, 2.05) is 0 Å². The van der Waals surface area contributed by atoms with Gasteiger partial charge in [-0.2, -0.15) is 13.2 Å². The fraction of sp³-hybridized carbons (Fsp3) is 1.00. The molecule has 0 radical (unpaired) electrons. The van der Waals surface area contributed by atoms with Gasteiger partial charge in [-0.05, 0) is 111 Å². The average molecular weight is 443 g/mol. The van der Waals surface area contributed by atoms with E-state index in [0.717, 1.165) is 51.4 Å². The summed E-state index contributed by atoms with van der Waals surface area (Å²) in [7, 11) is 0. The fourth-order valence-electron chi connectivity index (χ4n) is 9.28. The van der Waals surface area contributed by atoms with Gasteiger partial charge in [-0.25, -0.2) is 0 Å². The third-order valence-corrected chi connectivity index (χ3v) is 10.9. The van der Waals surface area contributed by atoms with Gasteiger partial charge in [0.05, 0.1) is 12.0 Å². The third-order valence-electron chi connectivity index (χ3n) is 10.9. The second-order valence-electron chi connectivity index (χ2n) is 12.8. The van der Waals surface area contributed by atoms with Crippen molar-refractivity contribution in [2.24, 2.45) is 52.3 Å². The van der Waals surface area contributed by atoms with Crippen molar-refractivity contribution in [3.63, 3.8) is 0 Å². The van der Waals surface area contributed by atoms with Crippen LogP contribution in [0.5, 0.6) is 0 Å². The zero-order valence-electron chi connectivity index (χ0n) is 20.2. The lowest BCUT2D eigenvalue weighted by atomic mass is 9.44. The van der Waals surface area contributed by atoms with Gasteiger partial charge in [0.15, 0.2) is 0 Å². The van der Waals surface area contributed by atoms with E-state index in [1.165, 1.54) is 12.8 Å². The SMILES string of the molecule is CC(C)CCCC(C1CCC2C3CC[C@H]4CC(O)CCC4(C)C3CCC21C)C(F)(F)F. The normalized spacial score (nSPS) is 46.4. The van der Waals surface area contributed by atoms with Crippen molar-refractivity contribution in [1.82, 2.24) is 0 Å². The van der Waals surface area contributed by atoms with Gasteiger partial charge < -0.3 is 5.11 Å². The Morgan fingerprint density at radius 2 is 1.55 bits per heavy atom. The number of fused-ring (bicyclic) bond motifs is 5. The molecule has 1 N–H and O–H groups in total. The van der Waals surface area contributed by atoms with E-state index in [4.69, 9.17) is 0 Å². The summed E-state index contributed by atoms with van der Waals surface area (Å²) in [6, 6.07) is 0. The van der Waals surface area contributed by atoms with E-state index in [1.54, 1.807) is 0 Å². The molecule has 31 heavy (non-hydrogen) atoms. The largest absolute Gasteiger partial charge is 0.393 e. The molecule has 9 atom stereocenters. The van der Waals surface area contributed by atoms with Gasteiger partial charge in [0.25, 0.3) is 0 Å². The number of aliphatic hydroxyl groups is 1. The van der Waals surface area contributed by atoms with Crippen LogP contribution in [0.4, 0.5) is 13.2 Å². The van der Waals surface area contributed by atoms with Crippen LogP contribution >= 0.6 is 0 Å².